The average molecular weight is 148 g/mol. The second kappa shape index (κ2) is 6.47. The van der Waals surface area contributed by atoms with E-state index in [1.165, 1.54) is 0 Å². The molecule has 0 fully saturated rings. The van der Waals surface area contributed by atoms with E-state index >= 15 is 0 Å². The molecule has 10 heavy (non-hydrogen) atoms. The van der Waals surface area contributed by atoms with Gasteiger partial charge in [0.2, 0.25) is 0 Å². The van der Waals surface area contributed by atoms with Crippen molar-refractivity contribution in [2.45, 2.75) is 6.42 Å². The van der Waals surface area contributed by atoms with Crippen molar-refractivity contribution in [2.24, 2.45) is 0 Å². The minimum Gasteiger partial charge on any atom is -0.480 e. The Bertz CT molecular complexity index is 96.9. The van der Waals surface area contributed by atoms with Crippen LogP contribution in [0, 0.1) is 0 Å². The lowest BCUT2D eigenvalue weighted by atomic mass is 10.4. The van der Waals surface area contributed by atoms with Crippen LogP contribution in [0.3, 0.4) is 0 Å². The van der Waals surface area contributed by atoms with Crippen molar-refractivity contribution in [3.8, 4) is 0 Å². The fourth-order valence-corrected chi connectivity index (χ4v) is 0.488. The van der Waals surface area contributed by atoms with Gasteiger partial charge in [0.1, 0.15) is 0 Å². The highest BCUT2D eigenvalue weighted by atomic mass is 16.5. The highest BCUT2D eigenvalue weighted by molar-refractivity contribution is 5.68. The lowest BCUT2D eigenvalue weighted by Crippen LogP contribution is -2.25. The molecule has 0 atom stereocenters. The molecular formula is C5H12N2O3. The smallest absolute Gasteiger partial charge is 0.317 e. The summed E-state index contributed by atoms with van der Waals surface area (Å²) in [6, 6.07) is 0. The summed E-state index contributed by atoms with van der Waals surface area (Å²) in [5.74, 6) is -0.864. The molecule has 0 aliphatic heterocycles. The molecule has 4 N–H and O–H groups in total. The van der Waals surface area contributed by atoms with Crippen LogP contribution in [0.1, 0.15) is 6.42 Å². The Kier molecular flexibility index (Phi) is 6.05. The zero-order valence-electron chi connectivity index (χ0n) is 5.63. The van der Waals surface area contributed by atoms with Gasteiger partial charge in [-0.25, -0.2) is 5.48 Å². The van der Waals surface area contributed by atoms with Crippen LogP contribution >= 0.6 is 0 Å². The minimum atomic E-state index is -0.864. The molecule has 0 rings (SSSR count). The Hall–Kier alpha value is -0.650. The van der Waals surface area contributed by atoms with Crippen LogP contribution in [-0.2, 0) is 4.79 Å². The van der Waals surface area contributed by atoms with Gasteiger partial charge in [0, 0.05) is 6.54 Å². The molecule has 0 spiro atoms. The molecule has 60 valence electrons. The van der Waals surface area contributed by atoms with E-state index in [-0.39, 0.29) is 6.54 Å². The summed E-state index contributed by atoms with van der Waals surface area (Å²) >= 11 is 0. The number of hydroxylamine groups is 1. The first-order valence-electron chi connectivity index (χ1n) is 3.07. The fraction of sp³-hybridized carbons (Fsp3) is 0.800. The zero-order chi connectivity index (χ0) is 7.82. The average Bonchev–Trinajstić information content (AvgIpc) is 1.87. The molecule has 5 nitrogen and oxygen atoms in total. The number of carboxylic acids is 1. The molecule has 0 aliphatic rings. The van der Waals surface area contributed by atoms with Crippen molar-refractivity contribution >= 4 is 5.97 Å². The van der Waals surface area contributed by atoms with Crippen LogP contribution < -0.4 is 10.8 Å². The van der Waals surface area contributed by atoms with Gasteiger partial charge < -0.3 is 15.6 Å². The maximum Gasteiger partial charge on any atom is 0.317 e. The van der Waals surface area contributed by atoms with Gasteiger partial charge in [0.15, 0.2) is 0 Å². The normalized spacial score (nSPS) is 9.70. The molecule has 0 radical (unpaired) electrons. The van der Waals surface area contributed by atoms with E-state index in [0.717, 1.165) is 0 Å². The van der Waals surface area contributed by atoms with Crippen molar-refractivity contribution in [2.75, 3.05) is 19.6 Å². The third-order valence-electron chi connectivity index (χ3n) is 0.918. The summed E-state index contributed by atoms with van der Waals surface area (Å²) in [5, 5.41) is 18.9. The second-order valence-corrected chi connectivity index (χ2v) is 1.83. The van der Waals surface area contributed by atoms with Crippen LogP contribution in [-0.4, -0.2) is 35.9 Å². The van der Waals surface area contributed by atoms with E-state index in [1.807, 2.05) is 5.48 Å². The summed E-state index contributed by atoms with van der Waals surface area (Å²) in [7, 11) is 0. The van der Waals surface area contributed by atoms with Crippen LogP contribution in [0.15, 0.2) is 0 Å². The lowest BCUT2D eigenvalue weighted by molar-refractivity contribution is -0.135. The van der Waals surface area contributed by atoms with Crippen molar-refractivity contribution in [1.82, 2.24) is 10.8 Å². The number of hydrogen-bond acceptors (Lipinski definition) is 4. The Morgan fingerprint density at radius 1 is 1.40 bits per heavy atom. The molecule has 0 saturated heterocycles. The molecular weight excluding hydrogens is 136 g/mol. The number of aliphatic carboxylic acids is 1. The van der Waals surface area contributed by atoms with Crippen LogP contribution in [0.4, 0.5) is 0 Å². The van der Waals surface area contributed by atoms with E-state index in [9.17, 15) is 4.79 Å². The molecule has 0 unspecified atom stereocenters. The number of hydrogen-bond donors (Lipinski definition) is 4. The molecule has 0 bridgehead atoms. The molecule has 0 aromatic heterocycles. The van der Waals surface area contributed by atoms with Gasteiger partial charge >= 0.3 is 5.97 Å². The Labute approximate surface area is 59.0 Å². The number of carboxylic acid groups (broad SMARTS) is 1. The van der Waals surface area contributed by atoms with E-state index in [2.05, 4.69) is 5.32 Å². The largest absolute Gasteiger partial charge is 0.480 e. The van der Waals surface area contributed by atoms with Gasteiger partial charge in [0.25, 0.3) is 0 Å². The van der Waals surface area contributed by atoms with Crippen molar-refractivity contribution in [3.63, 3.8) is 0 Å². The van der Waals surface area contributed by atoms with Crippen LogP contribution in [0.25, 0.3) is 0 Å². The first-order chi connectivity index (χ1) is 4.77. The second-order valence-electron chi connectivity index (χ2n) is 1.83. The van der Waals surface area contributed by atoms with Crippen molar-refractivity contribution in [1.29, 1.82) is 0 Å². The van der Waals surface area contributed by atoms with E-state index < -0.39 is 5.97 Å². The van der Waals surface area contributed by atoms with Gasteiger partial charge in [-0.2, -0.15) is 0 Å². The topological polar surface area (TPSA) is 81.6 Å². The predicted octanol–water partition coefficient (Wildman–Crippen LogP) is -0.970. The standard InChI is InChI=1S/C5H12N2O3/c8-5(9)4-6-2-1-3-7-10/h6-7,10H,1-4H2,(H,8,9). The maximum absolute atomic E-state index is 9.90. The first-order valence-corrected chi connectivity index (χ1v) is 3.07. The van der Waals surface area contributed by atoms with Crippen molar-refractivity contribution < 1.29 is 15.1 Å². The highest BCUT2D eigenvalue weighted by Gasteiger charge is 1.92. The maximum atomic E-state index is 9.90. The van der Waals surface area contributed by atoms with Crippen LogP contribution in [0.5, 0.6) is 0 Å². The van der Waals surface area contributed by atoms with Gasteiger partial charge in [-0.15, -0.1) is 0 Å². The molecule has 0 aromatic rings. The molecule has 0 amide bonds. The van der Waals surface area contributed by atoms with Crippen molar-refractivity contribution in [3.05, 3.63) is 0 Å². The van der Waals surface area contributed by atoms with Gasteiger partial charge in [-0.05, 0) is 13.0 Å². The highest BCUT2D eigenvalue weighted by Crippen LogP contribution is 1.70. The third-order valence-corrected chi connectivity index (χ3v) is 0.918. The van der Waals surface area contributed by atoms with Gasteiger partial charge in [0.05, 0.1) is 6.54 Å². The third kappa shape index (κ3) is 7.35. The van der Waals surface area contributed by atoms with Gasteiger partial charge in [-0.3, -0.25) is 4.79 Å². The molecule has 0 aliphatic carbocycles. The zero-order valence-corrected chi connectivity index (χ0v) is 5.63. The summed E-state index contributed by atoms with van der Waals surface area (Å²) in [4.78, 5) is 9.90. The van der Waals surface area contributed by atoms with E-state index in [0.29, 0.717) is 19.5 Å². The predicted molar refractivity (Wildman–Crippen MR) is 34.9 cm³/mol. The van der Waals surface area contributed by atoms with Crippen LogP contribution in [0.2, 0.25) is 0 Å². The minimum absolute atomic E-state index is 0.0224. The Balaban J connectivity index is 2.84. The van der Waals surface area contributed by atoms with E-state index in [1.54, 1.807) is 0 Å². The molecule has 0 aromatic carbocycles. The summed E-state index contributed by atoms with van der Waals surface area (Å²) in [6.45, 7) is 1.05. The summed E-state index contributed by atoms with van der Waals surface area (Å²) in [6.07, 6.45) is 0.712. The monoisotopic (exact) mass is 148 g/mol. The van der Waals surface area contributed by atoms with E-state index in [4.69, 9.17) is 10.3 Å². The Morgan fingerprint density at radius 2 is 2.10 bits per heavy atom. The quantitative estimate of drug-likeness (QED) is 0.288. The van der Waals surface area contributed by atoms with Gasteiger partial charge in [-0.1, -0.05) is 0 Å². The summed E-state index contributed by atoms with van der Waals surface area (Å²) in [5.41, 5.74) is 1.97. The fourth-order valence-electron chi connectivity index (χ4n) is 0.488. The SMILES string of the molecule is O=C(O)CNCCCNO. The Morgan fingerprint density at radius 3 is 2.60 bits per heavy atom. The lowest BCUT2D eigenvalue weighted by Gasteiger charge is -1.98. The molecule has 0 saturated carbocycles. The summed E-state index contributed by atoms with van der Waals surface area (Å²) < 4.78 is 0. The number of nitrogens with one attached hydrogen (secondary N) is 2. The molecule has 0 heterocycles. The number of rotatable bonds is 6. The number of carbonyl (C=O) groups is 1. The first kappa shape index (κ1) is 9.35. The molecule has 5 heteroatoms.